The summed E-state index contributed by atoms with van der Waals surface area (Å²) in [7, 11) is 0. The van der Waals surface area contributed by atoms with Crippen molar-refractivity contribution in [3.8, 4) is 0 Å². The topological polar surface area (TPSA) is 57.5 Å². The number of rotatable bonds is 3. The summed E-state index contributed by atoms with van der Waals surface area (Å²) in [5, 5.41) is 19.4. The summed E-state index contributed by atoms with van der Waals surface area (Å²) in [6.45, 7) is 2.91. The van der Waals surface area contributed by atoms with Gasteiger partial charge in [0.1, 0.15) is 0 Å². The molecule has 2 N–H and O–H groups in total. The van der Waals surface area contributed by atoms with Crippen LogP contribution in [0.4, 0.5) is 0 Å². The lowest BCUT2D eigenvalue weighted by Gasteiger charge is -2.26. The minimum absolute atomic E-state index is 0.352. The zero-order chi connectivity index (χ0) is 12.5. The molecule has 0 aliphatic heterocycles. The second-order valence-corrected chi connectivity index (χ2v) is 5.42. The molecule has 5 heteroatoms. The van der Waals surface area contributed by atoms with E-state index in [0.29, 0.717) is 10.6 Å². The van der Waals surface area contributed by atoms with Crippen LogP contribution >= 0.6 is 27.5 Å². The van der Waals surface area contributed by atoms with Gasteiger partial charge in [-0.25, -0.2) is 0 Å². The highest BCUT2D eigenvalue weighted by atomic mass is 79.9. The maximum atomic E-state index is 11.0. The number of aliphatic hydroxyl groups is 1. The van der Waals surface area contributed by atoms with Crippen LogP contribution in [0.3, 0.4) is 0 Å². The van der Waals surface area contributed by atoms with Crippen molar-refractivity contribution in [2.24, 2.45) is 5.41 Å². The predicted molar refractivity (Wildman–Crippen MR) is 65.5 cm³/mol. The van der Waals surface area contributed by atoms with Crippen LogP contribution in [0, 0.1) is 5.41 Å². The van der Waals surface area contributed by atoms with Crippen LogP contribution in [0.2, 0.25) is 5.02 Å². The van der Waals surface area contributed by atoms with Crippen molar-refractivity contribution < 1.29 is 15.0 Å². The first-order chi connectivity index (χ1) is 7.26. The molecule has 0 spiro atoms. The van der Waals surface area contributed by atoms with Crippen LogP contribution in [0.1, 0.15) is 25.5 Å². The summed E-state index contributed by atoms with van der Waals surface area (Å²) in [6.07, 6.45) is -1.16. The SMILES string of the molecule is CC(C)(C(=O)O)C(O)c1cc(Br)ccc1Cl. The fourth-order valence-corrected chi connectivity index (χ4v) is 1.83. The molecule has 1 aromatic rings. The van der Waals surface area contributed by atoms with Gasteiger partial charge in [-0.15, -0.1) is 0 Å². The summed E-state index contributed by atoms with van der Waals surface area (Å²) >= 11 is 9.18. The van der Waals surface area contributed by atoms with Gasteiger partial charge in [0.05, 0.1) is 11.5 Å². The first-order valence-corrected chi connectivity index (χ1v) is 5.80. The van der Waals surface area contributed by atoms with E-state index in [4.69, 9.17) is 16.7 Å². The second kappa shape index (κ2) is 4.73. The van der Waals surface area contributed by atoms with Crippen molar-refractivity contribution in [3.05, 3.63) is 33.3 Å². The fraction of sp³-hybridized carbons (Fsp3) is 0.364. The molecule has 1 atom stereocenters. The number of hydrogen-bond acceptors (Lipinski definition) is 2. The monoisotopic (exact) mass is 306 g/mol. The van der Waals surface area contributed by atoms with Crippen LogP contribution in [0.15, 0.2) is 22.7 Å². The van der Waals surface area contributed by atoms with Gasteiger partial charge >= 0.3 is 5.97 Å². The number of halogens is 2. The minimum atomic E-state index is -1.29. The van der Waals surface area contributed by atoms with Crippen molar-refractivity contribution in [3.63, 3.8) is 0 Å². The number of hydrogen-bond donors (Lipinski definition) is 2. The first-order valence-electron chi connectivity index (χ1n) is 4.63. The molecule has 1 unspecified atom stereocenters. The van der Waals surface area contributed by atoms with Crippen LogP contribution < -0.4 is 0 Å². The molecule has 0 aliphatic carbocycles. The Bertz CT molecular complexity index is 418. The highest BCUT2D eigenvalue weighted by Crippen LogP contribution is 2.37. The van der Waals surface area contributed by atoms with E-state index in [1.165, 1.54) is 13.8 Å². The van der Waals surface area contributed by atoms with E-state index in [-0.39, 0.29) is 0 Å². The summed E-state index contributed by atoms with van der Waals surface area (Å²) in [5.41, 5.74) is -0.881. The summed E-state index contributed by atoms with van der Waals surface area (Å²) in [4.78, 5) is 11.0. The predicted octanol–water partition coefficient (Wildman–Crippen LogP) is 3.25. The van der Waals surface area contributed by atoms with E-state index in [0.717, 1.165) is 4.47 Å². The summed E-state index contributed by atoms with van der Waals surface area (Å²) in [5.74, 6) is -1.07. The van der Waals surface area contributed by atoms with E-state index in [9.17, 15) is 9.90 Å². The summed E-state index contributed by atoms with van der Waals surface area (Å²) in [6, 6.07) is 4.96. The van der Waals surface area contributed by atoms with Crippen molar-refractivity contribution >= 4 is 33.5 Å². The molecule has 3 nitrogen and oxygen atoms in total. The Labute approximate surface area is 107 Å². The highest BCUT2D eigenvalue weighted by Gasteiger charge is 2.37. The smallest absolute Gasteiger partial charge is 0.312 e. The first kappa shape index (κ1) is 13.5. The molecule has 0 bridgehead atoms. The molecular weight excluding hydrogens is 295 g/mol. The van der Waals surface area contributed by atoms with Crippen LogP contribution in [0.5, 0.6) is 0 Å². The van der Waals surface area contributed by atoms with Crippen molar-refractivity contribution in [1.82, 2.24) is 0 Å². The van der Waals surface area contributed by atoms with Gasteiger partial charge in [0.2, 0.25) is 0 Å². The number of carboxylic acid groups (broad SMARTS) is 1. The van der Waals surface area contributed by atoms with Crippen LogP contribution in [-0.4, -0.2) is 16.2 Å². The molecule has 88 valence electrons. The van der Waals surface area contributed by atoms with Gasteiger partial charge in [0, 0.05) is 15.1 Å². The Kier molecular flexibility index (Phi) is 3.99. The van der Waals surface area contributed by atoms with E-state index >= 15 is 0 Å². The number of carboxylic acids is 1. The third-order valence-electron chi connectivity index (χ3n) is 2.49. The average molecular weight is 308 g/mol. The van der Waals surface area contributed by atoms with Crippen molar-refractivity contribution in [1.29, 1.82) is 0 Å². The van der Waals surface area contributed by atoms with Crippen molar-refractivity contribution in [2.45, 2.75) is 20.0 Å². The molecular formula is C11H12BrClO3. The normalized spacial score (nSPS) is 13.6. The van der Waals surface area contributed by atoms with E-state index in [1.807, 2.05) is 0 Å². The molecule has 0 heterocycles. The van der Waals surface area contributed by atoms with E-state index < -0.39 is 17.5 Å². The lowest BCUT2D eigenvalue weighted by atomic mass is 9.83. The fourth-order valence-electron chi connectivity index (χ4n) is 1.23. The molecule has 0 saturated carbocycles. The second-order valence-electron chi connectivity index (χ2n) is 4.10. The largest absolute Gasteiger partial charge is 0.481 e. The Morgan fingerprint density at radius 1 is 1.50 bits per heavy atom. The lowest BCUT2D eigenvalue weighted by Crippen LogP contribution is -2.31. The Hall–Kier alpha value is -0.580. The zero-order valence-electron chi connectivity index (χ0n) is 8.87. The molecule has 0 radical (unpaired) electrons. The average Bonchev–Trinajstić information content (AvgIpc) is 2.20. The van der Waals surface area contributed by atoms with Gasteiger partial charge < -0.3 is 10.2 Å². The molecule has 16 heavy (non-hydrogen) atoms. The number of carbonyl (C=O) groups is 1. The third kappa shape index (κ3) is 2.56. The van der Waals surface area contributed by atoms with Gasteiger partial charge in [-0.05, 0) is 32.0 Å². The lowest BCUT2D eigenvalue weighted by molar-refractivity contribution is -0.153. The van der Waals surface area contributed by atoms with Crippen LogP contribution in [-0.2, 0) is 4.79 Å². The Morgan fingerprint density at radius 2 is 2.06 bits per heavy atom. The maximum absolute atomic E-state index is 11.0. The van der Waals surface area contributed by atoms with Gasteiger partial charge in [0.25, 0.3) is 0 Å². The van der Waals surface area contributed by atoms with E-state index in [1.54, 1.807) is 18.2 Å². The van der Waals surface area contributed by atoms with Crippen LogP contribution in [0.25, 0.3) is 0 Å². The summed E-state index contributed by atoms with van der Waals surface area (Å²) < 4.78 is 0.743. The number of benzene rings is 1. The van der Waals surface area contributed by atoms with Crippen molar-refractivity contribution in [2.75, 3.05) is 0 Å². The third-order valence-corrected chi connectivity index (χ3v) is 3.32. The molecule has 0 saturated heterocycles. The quantitative estimate of drug-likeness (QED) is 0.901. The molecule has 0 aliphatic rings. The van der Waals surface area contributed by atoms with Gasteiger partial charge in [-0.3, -0.25) is 4.79 Å². The standard InChI is InChI=1S/C11H12BrClO3/c1-11(2,10(15)16)9(14)7-5-6(12)3-4-8(7)13/h3-5,9,14H,1-2H3,(H,15,16). The number of aliphatic carboxylic acids is 1. The molecule has 0 fully saturated rings. The molecule has 1 aromatic carbocycles. The Morgan fingerprint density at radius 3 is 2.56 bits per heavy atom. The van der Waals surface area contributed by atoms with Gasteiger partial charge in [-0.1, -0.05) is 27.5 Å². The van der Waals surface area contributed by atoms with E-state index in [2.05, 4.69) is 15.9 Å². The number of aliphatic hydroxyl groups excluding tert-OH is 1. The van der Waals surface area contributed by atoms with Gasteiger partial charge in [0.15, 0.2) is 0 Å². The minimum Gasteiger partial charge on any atom is -0.481 e. The molecule has 1 rings (SSSR count). The molecule has 0 aromatic heterocycles. The maximum Gasteiger partial charge on any atom is 0.312 e. The van der Waals surface area contributed by atoms with Gasteiger partial charge in [-0.2, -0.15) is 0 Å². The zero-order valence-corrected chi connectivity index (χ0v) is 11.2. The highest BCUT2D eigenvalue weighted by molar-refractivity contribution is 9.10. The Balaban J connectivity index is 3.19. The molecule has 0 amide bonds.